The highest BCUT2D eigenvalue weighted by atomic mass is 16.7. The van der Waals surface area contributed by atoms with Crippen molar-refractivity contribution in [1.82, 2.24) is 0 Å². The summed E-state index contributed by atoms with van der Waals surface area (Å²) < 4.78 is 10.1. The highest BCUT2D eigenvalue weighted by Crippen LogP contribution is 2.68. The molecule has 3 saturated carbocycles. The van der Waals surface area contributed by atoms with Crippen molar-refractivity contribution in [3.8, 4) is 0 Å². The Morgan fingerprint density at radius 3 is 2.34 bits per heavy atom. The van der Waals surface area contributed by atoms with Crippen molar-refractivity contribution in [1.29, 1.82) is 0 Å². The molecule has 178 valence electrons. The van der Waals surface area contributed by atoms with E-state index in [2.05, 4.69) is 13.0 Å². The molecule has 0 amide bonds. The van der Waals surface area contributed by atoms with Crippen LogP contribution < -0.4 is 0 Å². The summed E-state index contributed by atoms with van der Waals surface area (Å²) in [5, 5.41) is 12.0. The molecule has 0 heterocycles. The standard InChI is InChI=1S/C26H38O6/c1-15-14-21-19-10-9-18-8-6-7-12-24(18,4)20(19)11-13-25(21,5)26(15,30)22(29)23(31-16(2)27)32-17(3)28/h9,15,19-21,23,30H,6-8,10-14H2,1-5H3/t15?,19-,20+,21+,24+,25+,26+/m1/s1. The summed E-state index contributed by atoms with van der Waals surface area (Å²) in [6, 6.07) is 0. The summed E-state index contributed by atoms with van der Waals surface area (Å²) >= 11 is 0. The number of esters is 2. The highest BCUT2D eigenvalue weighted by molar-refractivity contribution is 5.94. The second-order valence-electron chi connectivity index (χ2n) is 11.2. The van der Waals surface area contributed by atoms with Gasteiger partial charge in [-0.05, 0) is 74.0 Å². The van der Waals surface area contributed by atoms with Gasteiger partial charge in [-0.1, -0.05) is 38.8 Å². The summed E-state index contributed by atoms with van der Waals surface area (Å²) in [5.74, 6) is -1.28. The number of carbonyl (C=O) groups excluding carboxylic acids is 3. The smallest absolute Gasteiger partial charge is 0.309 e. The van der Waals surface area contributed by atoms with Crippen LogP contribution in [0.25, 0.3) is 0 Å². The fraction of sp³-hybridized carbons (Fsp3) is 0.808. The molecule has 4 aliphatic carbocycles. The molecular weight excluding hydrogens is 408 g/mol. The number of allylic oxidation sites excluding steroid dienone is 2. The van der Waals surface area contributed by atoms with Gasteiger partial charge in [0.2, 0.25) is 5.78 Å². The summed E-state index contributed by atoms with van der Waals surface area (Å²) in [5.41, 5.74) is -0.514. The lowest BCUT2D eigenvalue weighted by Crippen LogP contribution is -2.61. The van der Waals surface area contributed by atoms with Gasteiger partial charge in [0.25, 0.3) is 0 Å². The number of ether oxygens (including phenoxy) is 2. The van der Waals surface area contributed by atoms with Gasteiger partial charge < -0.3 is 14.6 Å². The molecule has 4 rings (SSSR count). The molecule has 1 unspecified atom stereocenters. The van der Waals surface area contributed by atoms with Crippen molar-refractivity contribution in [2.75, 3.05) is 0 Å². The van der Waals surface area contributed by atoms with Crippen LogP contribution in [-0.2, 0) is 23.9 Å². The third-order valence-electron chi connectivity index (χ3n) is 9.73. The maximum absolute atomic E-state index is 13.6. The van der Waals surface area contributed by atoms with Gasteiger partial charge in [-0.2, -0.15) is 0 Å². The lowest BCUT2D eigenvalue weighted by Gasteiger charge is -2.58. The van der Waals surface area contributed by atoms with Gasteiger partial charge in [-0.15, -0.1) is 0 Å². The van der Waals surface area contributed by atoms with Crippen LogP contribution in [0.15, 0.2) is 11.6 Å². The van der Waals surface area contributed by atoms with Crippen LogP contribution >= 0.6 is 0 Å². The first-order valence-corrected chi connectivity index (χ1v) is 12.3. The zero-order chi connectivity index (χ0) is 23.5. The maximum atomic E-state index is 13.6. The molecule has 0 spiro atoms. The Kier molecular flexibility index (Phi) is 5.84. The predicted molar refractivity (Wildman–Crippen MR) is 118 cm³/mol. The summed E-state index contributed by atoms with van der Waals surface area (Å²) in [6.45, 7) is 8.69. The predicted octanol–water partition coefficient (Wildman–Crippen LogP) is 4.34. The summed E-state index contributed by atoms with van der Waals surface area (Å²) in [4.78, 5) is 36.9. The van der Waals surface area contributed by atoms with Gasteiger partial charge >= 0.3 is 18.2 Å². The molecule has 0 aromatic heterocycles. The van der Waals surface area contributed by atoms with Crippen molar-refractivity contribution in [3.05, 3.63) is 11.6 Å². The van der Waals surface area contributed by atoms with E-state index in [1.165, 1.54) is 39.5 Å². The third kappa shape index (κ3) is 3.27. The molecule has 6 heteroatoms. The fourth-order valence-electron chi connectivity index (χ4n) is 8.18. The van der Waals surface area contributed by atoms with Crippen molar-refractivity contribution in [2.24, 2.45) is 34.5 Å². The van der Waals surface area contributed by atoms with Crippen LogP contribution in [0.4, 0.5) is 0 Å². The Morgan fingerprint density at radius 1 is 1.06 bits per heavy atom. The molecule has 6 nitrogen and oxygen atoms in total. The number of carbonyl (C=O) groups is 3. The topological polar surface area (TPSA) is 89.9 Å². The lowest BCUT2D eigenvalue weighted by atomic mass is 9.47. The Hall–Kier alpha value is -1.69. The molecule has 32 heavy (non-hydrogen) atoms. The largest absolute Gasteiger partial charge is 0.417 e. The molecule has 7 atom stereocenters. The Morgan fingerprint density at radius 2 is 1.72 bits per heavy atom. The van der Waals surface area contributed by atoms with E-state index in [1.807, 2.05) is 13.8 Å². The van der Waals surface area contributed by atoms with Crippen LogP contribution in [0.5, 0.6) is 0 Å². The first-order valence-electron chi connectivity index (χ1n) is 12.3. The van der Waals surface area contributed by atoms with Crippen LogP contribution in [-0.4, -0.2) is 34.7 Å². The van der Waals surface area contributed by atoms with Crippen molar-refractivity contribution in [3.63, 3.8) is 0 Å². The molecule has 1 N–H and O–H groups in total. The van der Waals surface area contributed by atoms with E-state index < -0.39 is 35.0 Å². The van der Waals surface area contributed by atoms with Crippen molar-refractivity contribution in [2.45, 2.75) is 97.9 Å². The Labute approximate surface area is 191 Å². The first kappa shape index (κ1) is 23.5. The highest BCUT2D eigenvalue weighted by Gasteiger charge is 2.70. The maximum Gasteiger partial charge on any atom is 0.309 e. The van der Waals surface area contributed by atoms with Gasteiger partial charge in [0.15, 0.2) is 0 Å². The average Bonchev–Trinajstić information content (AvgIpc) is 2.93. The Bertz CT molecular complexity index is 831. The zero-order valence-electron chi connectivity index (χ0n) is 20.1. The normalized spacial score (nSPS) is 42.9. The Balaban J connectivity index is 1.68. The number of fused-ring (bicyclic) bond motifs is 5. The summed E-state index contributed by atoms with van der Waals surface area (Å²) in [6.07, 6.45) is 9.17. The van der Waals surface area contributed by atoms with E-state index in [0.717, 1.165) is 25.7 Å². The van der Waals surface area contributed by atoms with Gasteiger partial charge in [-0.3, -0.25) is 14.4 Å². The van der Waals surface area contributed by atoms with E-state index in [0.29, 0.717) is 11.8 Å². The molecular formula is C26H38O6. The number of rotatable bonds is 4. The monoisotopic (exact) mass is 446 g/mol. The first-order chi connectivity index (χ1) is 14.9. The third-order valence-corrected chi connectivity index (χ3v) is 9.73. The van der Waals surface area contributed by atoms with E-state index in [4.69, 9.17) is 9.47 Å². The molecule has 0 saturated heterocycles. The quantitative estimate of drug-likeness (QED) is 0.393. The average molecular weight is 447 g/mol. The van der Waals surface area contributed by atoms with Crippen LogP contribution in [0, 0.1) is 34.5 Å². The lowest BCUT2D eigenvalue weighted by molar-refractivity contribution is -0.208. The molecule has 0 bridgehead atoms. The minimum Gasteiger partial charge on any atom is -0.417 e. The van der Waals surface area contributed by atoms with E-state index in [-0.39, 0.29) is 17.3 Å². The molecule has 4 aliphatic rings. The number of Topliss-reactive ketones (excluding diaryl/α,β-unsaturated/α-hetero) is 1. The van der Waals surface area contributed by atoms with E-state index in [9.17, 15) is 19.5 Å². The SMILES string of the molecule is CC(=O)OC(OC(C)=O)C(=O)[C@@]1(O)C(C)C[C@H]2[C@@H]3CC=C4CCCC[C@]4(C)[C@H]3CC[C@@]21C. The molecule has 0 aliphatic heterocycles. The summed E-state index contributed by atoms with van der Waals surface area (Å²) in [7, 11) is 0. The van der Waals surface area contributed by atoms with Crippen molar-refractivity contribution < 1.29 is 29.0 Å². The molecule has 0 radical (unpaired) electrons. The number of aliphatic hydroxyl groups is 1. The second-order valence-corrected chi connectivity index (χ2v) is 11.2. The van der Waals surface area contributed by atoms with Gasteiger partial charge in [0.05, 0.1) is 0 Å². The van der Waals surface area contributed by atoms with Gasteiger partial charge in [0, 0.05) is 19.3 Å². The van der Waals surface area contributed by atoms with Gasteiger partial charge in [-0.25, -0.2) is 0 Å². The number of ketones is 1. The molecule has 0 aromatic carbocycles. The van der Waals surface area contributed by atoms with E-state index >= 15 is 0 Å². The number of hydrogen-bond acceptors (Lipinski definition) is 6. The minimum atomic E-state index is -1.71. The molecule has 0 aromatic rings. The number of hydrogen-bond donors (Lipinski definition) is 1. The second kappa shape index (κ2) is 7.96. The minimum absolute atomic E-state index is 0.192. The van der Waals surface area contributed by atoms with Crippen LogP contribution in [0.3, 0.4) is 0 Å². The molecule has 3 fully saturated rings. The van der Waals surface area contributed by atoms with Gasteiger partial charge in [0.1, 0.15) is 5.60 Å². The van der Waals surface area contributed by atoms with Crippen LogP contribution in [0.2, 0.25) is 0 Å². The zero-order valence-corrected chi connectivity index (χ0v) is 20.1. The van der Waals surface area contributed by atoms with Crippen molar-refractivity contribution >= 4 is 17.7 Å². The van der Waals surface area contributed by atoms with Crippen LogP contribution in [0.1, 0.15) is 86.0 Å². The van der Waals surface area contributed by atoms with E-state index in [1.54, 1.807) is 5.57 Å². The fourth-order valence-corrected chi connectivity index (χ4v) is 8.18.